The molecule has 0 saturated carbocycles. The number of aliphatic hydroxyl groups excluding tert-OH is 1. The molecule has 2 atom stereocenters. The molecule has 2 rings (SSSR count). The number of hydrogen-bond acceptors (Lipinski definition) is 4. The molecule has 2 aromatic rings. The lowest BCUT2D eigenvalue weighted by molar-refractivity contribution is 0.177. The first kappa shape index (κ1) is 12.6. The summed E-state index contributed by atoms with van der Waals surface area (Å²) in [5.74, 6) is 0.406. The fourth-order valence-corrected chi connectivity index (χ4v) is 1.80. The van der Waals surface area contributed by atoms with E-state index in [1.54, 1.807) is 6.20 Å². The second-order valence-corrected chi connectivity index (χ2v) is 4.50. The van der Waals surface area contributed by atoms with Gasteiger partial charge in [-0.3, -0.25) is 9.78 Å². The summed E-state index contributed by atoms with van der Waals surface area (Å²) in [6, 6.07) is 2.29. The molecule has 4 N–H and O–H groups in total. The van der Waals surface area contributed by atoms with Gasteiger partial charge in [-0.2, -0.15) is 10.2 Å². The van der Waals surface area contributed by atoms with Gasteiger partial charge < -0.3 is 10.8 Å². The molecule has 0 saturated heterocycles. The zero-order valence-corrected chi connectivity index (χ0v) is 10.7. The highest BCUT2D eigenvalue weighted by atomic mass is 16.3. The van der Waals surface area contributed by atoms with Crippen molar-refractivity contribution < 1.29 is 5.11 Å². The molecule has 6 heteroatoms. The van der Waals surface area contributed by atoms with Crippen LogP contribution in [0.15, 0.2) is 18.5 Å². The Morgan fingerprint density at radius 1 is 1.56 bits per heavy atom. The Hall–Kier alpha value is -1.82. The topological polar surface area (TPSA) is 92.8 Å². The van der Waals surface area contributed by atoms with Crippen molar-refractivity contribution in [1.82, 2.24) is 20.0 Å². The maximum atomic E-state index is 10.1. The van der Waals surface area contributed by atoms with Gasteiger partial charge in [-0.05, 0) is 19.4 Å². The summed E-state index contributed by atoms with van der Waals surface area (Å²) in [5, 5.41) is 20.9. The van der Waals surface area contributed by atoms with Crippen LogP contribution in [-0.2, 0) is 6.42 Å². The molecule has 0 bridgehead atoms. The number of aromatic nitrogens is 4. The summed E-state index contributed by atoms with van der Waals surface area (Å²) in [6.45, 7) is 4.23. The van der Waals surface area contributed by atoms with E-state index in [0.29, 0.717) is 23.8 Å². The Bertz CT molecular complexity index is 504. The van der Waals surface area contributed by atoms with Gasteiger partial charge in [0, 0.05) is 24.2 Å². The molecule has 18 heavy (non-hydrogen) atoms. The van der Waals surface area contributed by atoms with Crippen molar-refractivity contribution in [2.45, 2.75) is 38.8 Å². The van der Waals surface area contributed by atoms with E-state index in [-0.39, 0.29) is 0 Å². The molecule has 0 radical (unpaired) electrons. The number of hydrogen-bond donors (Lipinski definition) is 3. The number of H-pyrrole nitrogens is 1. The van der Waals surface area contributed by atoms with Crippen molar-refractivity contribution >= 4 is 5.82 Å². The standard InChI is InChI=1S/C12H19N5O/c1-3-8(2)17-5-4-9(16-17)6-11(18)10-7-14-15-12(10)13/h4-5,7-8,11,18H,3,6H2,1-2H3,(H3,13,14,15). The van der Waals surface area contributed by atoms with Crippen LogP contribution >= 0.6 is 0 Å². The SMILES string of the molecule is CCC(C)n1ccc(CC(O)c2cn[nH]c2N)n1. The van der Waals surface area contributed by atoms with Crippen LogP contribution in [0.5, 0.6) is 0 Å². The van der Waals surface area contributed by atoms with Crippen molar-refractivity contribution in [2.24, 2.45) is 0 Å². The Kier molecular flexibility index (Phi) is 3.66. The van der Waals surface area contributed by atoms with Gasteiger partial charge in [0.25, 0.3) is 0 Å². The quantitative estimate of drug-likeness (QED) is 0.747. The molecule has 2 unspecified atom stereocenters. The van der Waals surface area contributed by atoms with E-state index in [4.69, 9.17) is 5.73 Å². The van der Waals surface area contributed by atoms with E-state index < -0.39 is 6.10 Å². The van der Waals surface area contributed by atoms with E-state index in [0.717, 1.165) is 12.1 Å². The summed E-state index contributed by atoms with van der Waals surface area (Å²) in [7, 11) is 0. The largest absolute Gasteiger partial charge is 0.388 e. The minimum Gasteiger partial charge on any atom is -0.388 e. The fourth-order valence-electron chi connectivity index (χ4n) is 1.80. The minimum atomic E-state index is -0.677. The van der Waals surface area contributed by atoms with Crippen LogP contribution in [0.1, 0.15) is 43.7 Å². The number of anilines is 1. The molecule has 0 fully saturated rings. The third-order valence-electron chi connectivity index (χ3n) is 3.17. The first-order chi connectivity index (χ1) is 8.61. The van der Waals surface area contributed by atoms with Gasteiger partial charge in [0.2, 0.25) is 0 Å². The van der Waals surface area contributed by atoms with Gasteiger partial charge in [-0.15, -0.1) is 0 Å². The Balaban J connectivity index is 2.06. The lowest BCUT2D eigenvalue weighted by Crippen LogP contribution is -2.07. The zero-order chi connectivity index (χ0) is 13.1. The van der Waals surface area contributed by atoms with E-state index in [1.807, 2.05) is 16.9 Å². The van der Waals surface area contributed by atoms with Crippen LogP contribution in [0.4, 0.5) is 5.82 Å². The van der Waals surface area contributed by atoms with Gasteiger partial charge in [-0.25, -0.2) is 0 Å². The summed E-state index contributed by atoms with van der Waals surface area (Å²) in [5.41, 5.74) is 7.14. The van der Waals surface area contributed by atoms with Crippen molar-refractivity contribution in [3.05, 3.63) is 29.7 Å². The van der Waals surface area contributed by atoms with E-state index in [2.05, 4.69) is 29.1 Å². The number of nitrogen functional groups attached to an aromatic ring is 1. The van der Waals surface area contributed by atoms with Crippen LogP contribution in [0, 0.1) is 0 Å². The molecule has 2 aromatic heterocycles. The molecule has 6 nitrogen and oxygen atoms in total. The normalized spacial score (nSPS) is 14.6. The van der Waals surface area contributed by atoms with Crippen LogP contribution in [0.3, 0.4) is 0 Å². The summed E-state index contributed by atoms with van der Waals surface area (Å²) in [4.78, 5) is 0. The molecular formula is C12H19N5O. The second kappa shape index (κ2) is 5.22. The molecule has 0 aromatic carbocycles. The van der Waals surface area contributed by atoms with Gasteiger partial charge in [0.15, 0.2) is 0 Å². The smallest absolute Gasteiger partial charge is 0.124 e. The molecule has 0 amide bonds. The molecule has 98 valence electrons. The number of nitrogens with zero attached hydrogens (tertiary/aromatic N) is 3. The third kappa shape index (κ3) is 2.53. The summed E-state index contributed by atoms with van der Waals surface area (Å²) in [6.07, 6.45) is 4.27. The number of nitrogens with one attached hydrogen (secondary N) is 1. The highest BCUT2D eigenvalue weighted by molar-refractivity contribution is 5.38. The zero-order valence-electron chi connectivity index (χ0n) is 10.7. The van der Waals surface area contributed by atoms with E-state index in [1.165, 1.54) is 0 Å². The Morgan fingerprint density at radius 2 is 2.33 bits per heavy atom. The second-order valence-electron chi connectivity index (χ2n) is 4.50. The Morgan fingerprint density at radius 3 is 2.94 bits per heavy atom. The molecule has 0 spiro atoms. The molecular weight excluding hydrogens is 230 g/mol. The summed E-state index contributed by atoms with van der Waals surface area (Å²) < 4.78 is 1.92. The summed E-state index contributed by atoms with van der Waals surface area (Å²) >= 11 is 0. The van der Waals surface area contributed by atoms with Gasteiger partial charge in [0.05, 0.1) is 18.0 Å². The number of nitrogens with two attached hydrogens (primary N) is 1. The van der Waals surface area contributed by atoms with E-state index in [9.17, 15) is 5.11 Å². The van der Waals surface area contributed by atoms with Crippen LogP contribution in [0.2, 0.25) is 0 Å². The first-order valence-corrected chi connectivity index (χ1v) is 6.12. The van der Waals surface area contributed by atoms with Crippen molar-refractivity contribution in [3.63, 3.8) is 0 Å². The predicted octanol–water partition coefficient (Wildman–Crippen LogP) is 1.44. The molecule has 0 aliphatic rings. The van der Waals surface area contributed by atoms with Crippen LogP contribution < -0.4 is 5.73 Å². The van der Waals surface area contributed by atoms with Crippen molar-refractivity contribution in [3.8, 4) is 0 Å². The van der Waals surface area contributed by atoms with E-state index >= 15 is 0 Å². The van der Waals surface area contributed by atoms with Crippen molar-refractivity contribution in [1.29, 1.82) is 0 Å². The maximum absolute atomic E-state index is 10.1. The highest BCUT2D eigenvalue weighted by Gasteiger charge is 2.15. The number of rotatable bonds is 5. The molecule has 2 heterocycles. The van der Waals surface area contributed by atoms with Gasteiger partial charge >= 0.3 is 0 Å². The van der Waals surface area contributed by atoms with Crippen LogP contribution in [-0.4, -0.2) is 25.1 Å². The first-order valence-electron chi connectivity index (χ1n) is 6.12. The lowest BCUT2D eigenvalue weighted by atomic mass is 10.1. The van der Waals surface area contributed by atoms with Gasteiger partial charge in [-0.1, -0.05) is 6.92 Å². The lowest BCUT2D eigenvalue weighted by Gasteiger charge is -2.09. The molecule has 0 aliphatic heterocycles. The highest BCUT2D eigenvalue weighted by Crippen LogP contribution is 2.21. The van der Waals surface area contributed by atoms with Crippen LogP contribution in [0.25, 0.3) is 0 Å². The van der Waals surface area contributed by atoms with Gasteiger partial charge in [0.1, 0.15) is 5.82 Å². The Labute approximate surface area is 106 Å². The fraction of sp³-hybridized carbons (Fsp3) is 0.500. The third-order valence-corrected chi connectivity index (χ3v) is 3.17. The number of aliphatic hydroxyl groups is 1. The monoisotopic (exact) mass is 249 g/mol. The minimum absolute atomic E-state index is 0.370. The number of aromatic amines is 1. The van der Waals surface area contributed by atoms with Crippen molar-refractivity contribution in [2.75, 3.05) is 5.73 Å². The average molecular weight is 249 g/mol. The predicted molar refractivity (Wildman–Crippen MR) is 68.9 cm³/mol. The average Bonchev–Trinajstić information content (AvgIpc) is 2.97. The maximum Gasteiger partial charge on any atom is 0.124 e. The molecule has 0 aliphatic carbocycles.